The molecule has 3 rings (SSSR count). The molecule has 0 radical (unpaired) electrons. The number of fused-ring (bicyclic) bond motifs is 1. The second-order valence-electron chi connectivity index (χ2n) is 7.64. The molecule has 0 saturated carbocycles. The van der Waals surface area contributed by atoms with E-state index in [9.17, 15) is 9.59 Å². The van der Waals surface area contributed by atoms with Crippen LogP contribution in [0.5, 0.6) is 0 Å². The van der Waals surface area contributed by atoms with E-state index in [-0.39, 0.29) is 24.3 Å². The average molecular weight is 393 g/mol. The number of amides is 2. The first kappa shape index (κ1) is 20.6. The van der Waals surface area contributed by atoms with E-state index in [1.165, 1.54) is 0 Å². The highest BCUT2D eigenvalue weighted by atomic mass is 16.3. The van der Waals surface area contributed by atoms with Gasteiger partial charge in [0.1, 0.15) is 5.58 Å². The highest BCUT2D eigenvalue weighted by Crippen LogP contribution is 2.27. The zero-order valence-electron chi connectivity index (χ0n) is 17.6. The van der Waals surface area contributed by atoms with Gasteiger partial charge in [0, 0.05) is 42.5 Å². The van der Waals surface area contributed by atoms with Crippen molar-refractivity contribution in [3.8, 4) is 0 Å². The number of carbonyl (C=O) groups is 2. The van der Waals surface area contributed by atoms with Gasteiger partial charge in [-0.05, 0) is 44.9 Å². The third-order valence-electron chi connectivity index (χ3n) is 5.05. The number of rotatable bonds is 6. The van der Waals surface area contributed by atoms with Crippen molar-refractivity contribution >= 4 is 22.8 Å². The number of para-hydroxylation sites is 1. The lowest BCUT2D eigenvalue weighted by atomic mass is 10.1. The van der Waals surface area contributed by atoms with Crippen LogP contribution in [0.15, 0.2) is 40.9 Å². The number of hydrogen-bond acceptors (Lipinski definition) is 4. The molecule has 152 valence electrons. The van der Waals surface area contributed by atoms with E-state index < -0.39 is 0 Å². The van der Waals surface area contributed by atoms with Crippen molar-refractivity contribution in [3.05, 3.63) is 64.7 Å². The van der Waals surface area contributed by atoms with Gasteiger partial charge in [0.05, 0.1) is 6.42 Å². The Balaban J connectivity index is 1.61. The van der Waals surface area contributed by atoms with Gasteiger partial charge in [-0.25, -0.2) is 0 Å². The maximum atomic E-state index is 12.7. The van der Waals surface area contributed by atoms with E-state index in [1.807, 2.05) is 58.0 Å². The molecule has 29 heavy (non-hydrogen) atoms. The molecule has 0 aliphatic rings. The van der Waals surface area contributed by atoms with Gasteiger partial charge in [-0.3, -0.25) is 14.6 Å². The molecule has 0 bridgehead atoms. The van der Waals surface area contributed by atoms with Crippen LogP contribution in [-0.4, -0.2) is 41.3 Å². The Hall–Kier alpha value is -3.15. The van der Waals surface area contributed by atoms with Gasteiger partial charge in [-0.1, -0.05) is 24.3 Å². The number of nitrogens with zero attached hydrogens (tertiary/aromatic N) is 2. The molecule has 0 saturated heterocycles. The van der Waals surface area contributed by atoms with Crippen LogP contribution in [0.2, 0.25) is 0 Å². The summed E-state index contributed by atoms with van der Waals surface area (Å²) < 4.78 is 5.83. The number of aromatic nitrogens is 1. The SMILES string of the molecule is Cc1ccc(CC(=O)N(C)CC(C)NC(=O)c2oc3c(C)cccc3c2C)cn1. The van der Waals surface area contributed by atoms with Gasteiger partial charge >= 0.3 is 0 Å². The zero-order valence-corrected chi connectivity index (χ0v) is 17.6. The molecule has 1 atom stereocenters. The summed E-state index contributed by atoms with van der Waals surface area (Å²) >= 11 is 0. The van der Waals surface area contributed by atoms with Crippen molar-refractivity contribution in [2.75, 3.05) is 13.6 Å². The van der Waals surface area contributed by atoms with Crippen LogP contribution >= 0.6 is 0 Å². The van der Waals surface area contributed by atoms with Crippen molar-refractivity contribution in [3.63, 3.8) is 0 Å². The van der Waals surface area contributed by atoms with Crippen molar-refractivity contribution in [2.45, 2.75) is 40.2 Å². The van der Waals surface area contributed by atoms with Crippen molar-refractivity contribution in [1.29, 1.82) is 0 Å². The molecule has 0 fully saturated rings. The Morgan fingerprint density at radius 2 is 1.93 bits per heavy atom. The molecular formula is C23H27N3O3. The quantitative estimate of drug-likeness (QED) is 0.695. The van der Waals surface area contributed by atoms with Gasteiger partial charge < -0.3 is 14.6 Å². The minimum Gasteiger partial charge on any atom is -0.450 e. The van der Waals surface area contributed by atoms with Gasteiger partial charge in [0.15, 0.2) is 5.76 Å². The Labute approximate surface area is 170 Å². The summed E-state index contributed by atoms with van der Waals surface area (Å²) in [6, 6.07) is 9.44. The van der Waals surface area contributed by atoms with Crippen LogP contribution in [0.1, 0.15) is 39.9 Å². The minimum absolute atomic E-state index is 0.0210. The van der Waals surface area contributed by atoms with Crippen molar-refractivity contribution in [1.82, 2.24) is 15.2 Å². The maximum absolute atomic E-state index is 12.7. The molecule has 6 heteroatoms. The summed E-state index contributed by atoms with van der Waals surface area (Å²) in [6.45, 7) is 8.03. The number of carbonyl (C=O) groups excluding carboxylic acids is 2. The lowest BCUT2D eigenvalue weighted by Crippen LogP contribution is -2.43. The molecule has 0 aliphatic carbocycles. The maximum Gasteiger partial charge on any atom is 0.287 e. The Bertz CT molecular complexity index is 1040. The predicted molar refractivity (Wildman–Crippen MR) is 113 cm³/mol. The van der Waals surface area contributed by atoms with E-state index in [2.05, 4.69) is 10.3 Å². The molecular weight excluding hydrogens is 366 g/mol. The molecule has 1 aromatic carbocycles. The Kier molecular flexibility index (Phi) is 6.01. The summed E-state index contributed by atoms with van der Waals surface area (Å²) in [6.07, 6.45) is 2.00. The van der Waals surface area contributed by atoms with Gasteiger partial charge in [-0.2, -0.15) is 0 Å². The zero-order chi connectivity index (χ0) is 21.1. The lowest BCUT2D eigenvalue weighted by Gasteiger charge is -2.22. The number of furan rings is 1. The number of benzene rings is 1. The minimum atomic E-state index is -0.269. The smallest absolute Gasteiger partial charge is 0.287 e. The molecule has 1 N–H and O–H groups in total. The van der Waals surface area contributed by atoms with Crippen LogP contribution in [0, 0.1) is 20.8 Å². The Morgan fingerprint density at radius 3 is 2.59 bits per heavy atom. The van der Waals surface area contributed by atoms with E-state index in [0.717, 1.165) is 33.4 Å². The van der Waals surface area contributed by atoms with Crippen molar-refractivity contribution in [2.24, 2.45) is 0 Å². The highest BCUT2D eigenvalue weighted by Gasteiger charge is 2.21. The number of aryl methyl sites for hydroxylation is 3. The van der Waals surface area contributed by atoms with Crippen LogP contribution in [0.4, 0.5) is 0 Å². The first-order valence-electron chi connectivity index (χ1n) is 9.71. The van der Waals surface area contributed by atoms with Gasteiger partial charge in [0.25, 0.3) is 5.91 Å². The van der Waals surface area contributed by atoms with Crippen LogP contribution in [0.25, 0.3) is 11.0 Å². The number of pyridine rings is 1. The second kappa shape index (κ2) is 8.47. The molecule has 2 heterocycles. The largest absolute Gasteiger partial charge is 0.450 e. The van der Waals surface area contributed by atoms with Gasteiger partial charge in [0.2, 0.25) is 5.91 Å². The molecule has 6 nitrogen and oxygen atoms in total. The normalized spacial score (nSPS) is 12.0. The molecule has 1 unspecified atom stereocenters. The first-order chi connectivity index (χ1) is 13.8. The van der Waals surface area contributed by atoms with Crippen LogP contribution in [0.3, 0.4) is 0 Å². The monoisotopic (exact) mass is 393 g/mol. The number of hydrogen-bond donors (Lipinski definition) is 1. The third-order valence-corrected chi connectivity index (χ3v) is 5.05. The number of likely N-dealkylation sites (N-methyl/N-ethyl adjacent to an activating group) is 1. The first-order valence-corrected chi connectivity index (χ1v) is 9.71. The van der Waals surface area contributed by atoms with Gasteiger partial charge in [-0.15, -0.1) is 0 Å². The Morgan fingerprint density at radius 1 is 1.17 bits per heavy atom. The fraction of sp³-hybridized carbons (Fsp3) is 0.348. The van der Waals surface area contributed by atoms with Crippen LogP contribution in [-0.2, 0) is 11.2 Å². The lowest BCUT2D eigenvalue weighted by molar-refractivity contribution is -0.129. The molecule has 2 aromatic heterocycles. The predicted octanol–water partition coefficient (Wildman–Crippen LogP) is 3.57. The standard InChI is InChI=1S/C23H27N3O3/c1-14-7-6-8-19-17(4)22(29-21(14)19)23(28)25-16(3)13-26(5)20(27)11-18-10-9-15(2)24-12-18/h6-10,12,16H,11,13H2,1-5H3,(H,25,28). The number of nitrogens with one attached hydrogen (secondary N) is 1. The second-order valence-corrected chi connectivity index (χ2v) is 7.64. The molecule has 0 aliphatic heterocycles. The summed E-state index contributed by atoms with van der Waals surface area (Å²) in [5.41, 5.74) is 4.35. The summed E-state index contributed by atoms with van der Waals surface area (Å²) in [7, 11) is 1.74. The highest BCUT2D eigenvalue weighted by molar-refractivity contribution is 5.99. The summed E-state index contributed by atoms with van der Waals surface area (Å²) in [5, 5.41) is 3.88. The summed E-state index contributed by atoms with van der Waals surface area (Å²) in [5.74, 6) is 0.0299. The fourth-order valence-electron chi connectivity index (χ4n) is 3.36. The van der Waals surface area contributed by atoms with Crippen molar-refractivity contribution < 1.29 is 14.0 Å². The van der Waals surface area contributed by atoms with E-state index >= 15 is 0 Å². The van der Waals surface area contributed by atoms with E-state index in [0.29, 0.717) is 12.3 Å². The fourth-order valence-corrected chi connectivity index (χ4v) is 3.36. The van der Waals surface area contributed by atoms with E-state index in [1.54, 1.807) is 18.1 Å². The molecule has 2 amide bonds. The molecule has 0 spiro atoms. The van der Waals surface area contributed by atoms with E-state index in [4.69, 9.17) is 4.42 Å². The average Bonchev–Trinajstić information content (AvgIpc) is 3.02. The summed E-state index contributed by atoms with van der Waals surface area (Å²) in [4.78, 5) is 31.0. The molecule has 3 aromatic rings. The van der Waals surface area contributed by atoms with Crippen LogP contribution < -0.4 is 5.32 Å². The third kappa shape index (κ3) is 4.65. The topological polar surface area (TPSA) is 75.4 Å².